The number of amides is 1. The molecule has 0 spiro atoms. The van der Waals surface area contributed by atoms with Gasteiger partial charge in [0.25, 0.3) is 0 Å². The molecule has 2 saturated heterocycles. The van der Waals surface area contributed by atoms with Gasteiger partial charge in [0.05, 0.1) is 19.1 Å². The van der Waals surface area contributed by atoms with Crippen LogP contribution in [0.5, 0.6) is 0 Å². The van der Waals surface area contributed by atoms with Crippen molar-refractivity contribution < 1.29 is 9.53 Å². The Labute approximate surface area is 110 Å². The quantitative estimate of drug-likeness (QED) is 0.821. The molecule has 0 saturated carbocycles. The maximum atomic E-state index is 12.4. The first kappa shape index (κ1) is 13.8. The molecule has 0 aromatic carbocycles. The summed E-state index contributed by atoms with van der Waals surface area (Å²) in [6.45, 7) is 5.37. The monoisotopic (exact) mass is 254 g/mol. The first-order chi connectivity index (χ1) is 8.76. The smallest absolute Gasteiger partial charge is 0.229 e. The van der Waals surface area contributed by atoms with Crippen molar-refractivity contribution in [1.82, 2.24) is 10.2 Å². The number of hydrogen-bond acceptors (Lipinski definition) is 3. The fourth-order valence-corrected chi connectivity index (χ4v) is 3.17. The number of ether oxygens (including phenoxy) is 1. The highest BCUT2D eigenvalue weighted by Crippen LogP contribution is 2.24. The van der Waals surface area contributed by atoms with Crippen LogP contribution in [0.2, 0.25) is 0 Å². The second-order valence-corrected chi connectivity index (χ2v) is 5.60. The molecule has 4 nitrogen and oxygen atoms in total. The van der Waals surface area contributed by atoms with Gasteiger partial charge in [0.1, 0.15) is 0 Å². The number of carbonyl (C=O) groups excluding carboxylic acids is 1. The molecule has 1 amide bonds. The van der Waals surface area contributed by atoms with E-state index >= 15 is 0 Å². The fraction of sp³-hybridized carbons (Fsp3) is 0.929. The number of likely N-dealkylation sites (tertiary alicyclic amines) is 1. The summed E-state index contributed by atoms with van der Waals surface area (Å²) in [6, 6.07) is 0.200. The van der Waals surface area contributed by atoms with E-state index in [9.17, 15) is 4.79 Å². The molecule has 2 heterocycles. The van der Waals surface area contributed by atoms with Crippen LogP contribution in [0.15, 0.2) is 0 Å². The zero-order chi connectivity index (χ0) is 13.0. The lowest BCUT2D eigenvalue weighted by Crippen LogP contribution is -2.47. The number of rotatable bonds is 4. The lowest BCUT2D eigenvalue weighted by Gasteiger charge is -2.34. The number of carbonyl (C=O) groups is 1. The highest BCUT2D eigenvalue weighted by molar-refractivity contribution is 5.80. The lowest BCUT2D eigenvalue weighted by atomic mass is 9.91. The van der Waals surface area contributed by atoms with Crippen molar-refractivity contribution in [3.8, 4) is 0 Å². The summed E-state index contributed by atoms with van der Waals surface area (Å²) >= 11 is 0. The summed E-state index contributed by atoms with van der Waals surface area (Å²) in [5.74, 6) is 1.15. The molecule has 104 valence electrons. The van der Waals surface area contributed by atoms with E-state index < -0.39 is 0 Å². The Bertz CT molecular complexity index is 275. The van der Waals surface area contributed by atoms with Crippen molar-refractivity contribution in [2.24, 2.45) is 11.8 Å². The minimum absolute atomic E-state index is 0.0257. The zero-order valence-electron chi connectivity index (χ0n) is 11.7. The van der Waals surface area contributed by atoms with E-state index in [4.69, 9.17) is 4.74 Å². The van der Waals surface area contributed by atoms with Crippen LogP contribution in [0.3, 0.4) is 0 Å². The van der Waals surface area contributed by atoms with Gasteiger partial charge in [-0.25, -0.2) is 0 Å². The molecule has 18 heavy (non-hydrogen) atoms. The molecular formula is C14H26N2O2. The van der Waals surface area contributed by atoms with Gasteiger partial charge in [0.2, 0.25) is 5.91 Å². The van der Waals surface area contributed by atoms with Gasteiger partial charge in [0, 0.05) is 19.1 Å². The molecule has 0 aromatic heterocycles. The van der Waals surface area contributed by atoms with Gasteiger partial charge in [-0.3, -0.25) is 4.79 Å². The van der Waals surface area contributed by atoms with Crippen LogP contribution in [0, 0.1) is 11.8 Å². The lowest BCUT2D eigenvalue weighted by molar-refractivity contribution is -0.137. The first-order valence-electron chi connectivity index (χ1n) is 7.30. The second-order valence-electron chi connectivity index (χ2n) is 5.60. The van der Waals surface area contributed by atoms with E-state index in [1.165, 1.54) is 25.7 Å². The normalized spacial score (nSPS) is 29.8. The molecule has 0 aromatic rings. The number of nitrogens with one attached hydrogen (secondary N) is 1. The average Bonchev–Trinajstić information content (AvgIpc) is 2.87. The van der Waals surface area contributed by atoms with Gasteiger partial charge < -0.3 is 15.0 Å². The Balaban J connectivity index is 1.83. The van der Waals surface area contributed by atoms with Gasteiger partial charge in [-0.05, 0) is 25.8 Å². The summed E-state index contributed by atoms with van der Waals surface area (Å²) in [5, 5.41) is 3.19. The maximum Gasteiger partial charge on any atom is 0.229 e. The van der Waals surface area contributed by atoms with Crippen LogP contribution in [-0.2, 0) is 9.53 Å². The van der Waals surface area contributed by atoms with E-state index in [1.54, 1.807) is 0 Å². The number of hydrogen-bond donors (Lipinski definition) is 1. The Morgan fingerprint density at radius 3 is 2.67 bits per heavy atom. The molecule has 2 rings (SSSR count). The minimum atomic E-state index is 0.0257. The molecule has 2 unspecified atom stereocenters. The SMILES string of the molecule is CCCC1CCN(C(=O)C2COCC2NC)CC1. The molecule has 0 aliphatic carbocycles. The molecule has 2 atom stereocenters. The van der Waals surface area contributed by atoms with Crippen LogP contribution in [0.1, 0.15) is 32.6 Å². The highest BCUT2D eigenvalue weighted by atomic mass is 16.5. The van der Waals surface area contributed by atoms with Crippen molar-refractivity contribution in [2.45, 2.75) is 38.6 Å². The third kappa shape index (κ3) is 3.04. The molecule has 2 aliphatic heterocycles. The maximum absolute atomic E-state index is 12.4. The van der Waals surface area contributed by atoms with Gasteiger partial charge in [0.15, 0.2) is 0 Å². The van der Waals surface area contributed by atoms with Crippen LogP contribution in [0.4, 0.5) is 0 Å². The van der Waals surface area contributed by atoms with Crippen molar-refractivity contribution in [1.29, 1.82) is 0 Å². The van der Waals surface area contributed by atoms with Gasteiger partial charge in [-0.1, -0.05) is 19.8 Å². The fourth-order valence-electron chi connectivity index (χ4n) is 3.17. The van der Waals surface area contributed by atoms with Crippen LogP contribution in [0.25, 0.3) is 0 Å². The van der Waals surface area contributed by atoms with E-state index in [0.29, 0.717) is 19.1 Å². The summed E-state index contributed by atoms with van der Waals surface area (Å²) in [7, 11) is 1.91. The number of likely N-dealkylation sites (N-methyl/N-ethyl adjacent to an activating group) is 1. The van der Waals surface area contributed by atoms with Crippen molar-refractivity contribution in [3.05, 3.63) is 0 Å². The molecule has 1 N–H and O–H groups in total. The molecule has 0 bridgehead atoms. The zero-order valence-corrected chi connectivity index (χ0v) is 11.7. The minimum Gasteiger partial charge on any atom is -0.379 e. The van der Waals surface area contributed by atoms with Crippen LogP contribution in [-0.4, -0.2) is 50.2 Å². The molecule has 2 aliphatic rings. The van der Waals surface area contributed by atoms with Crippen molar-refractivity contribution in [2.75, 3.05) is 33.4 Å². The van der Waals surface area contributed by atoms with Crippen molar-refractivity contribution in [3.63, 3.8) is 0 Å². The molecule has 4 heteroatoms. The predicted octanol–water partition coefficient (Wildman–Crippen LogP) is 1.26. The van der Waals surface area contributed by atoms with Crippen LogP contribution >= 0.6 is 0 Å². The second kappa shape index (κ2) is 6.53. The highest BCUT2D eigenvalue weighted by Gasteiger charge is 2.36. The largest absolute Gasteiger partial charge is 0.379 e. The third-order valence-corrected chi connectivity index (χ3v) is 4.39. The Morgan fingerprint density at radius 2 is 2.06 bits per heavy atom. The topological polar surface area (TPSA) is 41.6 Å². The summed E-state index contributed by atoms with van der Waals surface area (Å²) in [4.78, 5) is 14.5. The summed E-state index contributed by atoms with van der Waals surface area (Å²) in [5.41, 5.74) is 0. The van der Waals surface area contributed by atoms with E-state index in [2.05, 4.69) is 17.1 Å². The molecule has 2 fully saturated rings. The van der Waals surface area contributed by atoms with E-state index in [1.807, 2.05) is 7.05 Å². The summed E-state index contributed by atoms with van der Waals surface area (Å²) in [6.07, 6.45) is 4.93. The van der Waals surface area contributed by atoms with Gasteiger partial charge >= 0.3 is 0 Å². The number of piperidine rings is 1. The van der Waals surface area contributed by atoms with Gasteiger partial charge in [-0.15, -0.1) is 0 Å². The molecular weight excluding hydrogens is 228 g/mol. The Hall–Kier alpha value is -0.610. The third-order valence-electron chi connectivity index (χ3n) is 4.39. The van der Waals surface area contributed by atoms with Gasteiger partial charge in [-0.2, -0.15) is 0 Å². The first-order valence-corrected chi connectivity index (χ1v) is 7.30. The van der Waals surface area contributed by atoms with E-state index in [-0.39, 0.29) is 12.0 Å². The standard InChI is InChI=1S/C14H26N2O2/c1-3-4-11-5-7-16(8-6-11)14(17)12-9-18-10-13(12)15-2/h11-13,15H,3-10H2,1-2H3. The van der Waals surface area contributed by atoms with Crippen LogP contribution < -0.4 is 5.32 Å². The number of nitrogens with zero attached hydrogens (tertiary/aromatic N) is 1. The Kier molecular flexibility index (Phi) is 5.01. The summed E-state index contributed by atoms with van der Waals surface area (Å²) < 4.78 is 5.42. The molecule has 0 radical (unpaired) electrons. The van der Waals surface area contributed by atoms with Crippen molar-refractivity contribution >= 4 is 5.91 Å². The van der Waals surface area contributed by atoms with E-state index in [0.717, 1.165) is 19.0 Å². The predicted molar refractivity (Wildman–Crippen MR) is 71.4 cm³/mol. The average molecular weight is 254 g/mol. The Morgan fingerprint density at radius 1 is 1.33 bits per heavy atom.